The number of methoxy groups -OCH3 is 1. The van der Waals surface area contributed by atoms with Crippen LogP contribution in [0.1, 0.15) is 25.7 Å². The van der Waals surface area contributed by atoms with Crippen LogP contribution in [0.5, 0.6) is 0 Å². The van der Waals surface area contributed by atoms with E-state index >= 15 is 0 Å². The van der Waals surface area contributed by atoms with Gasteiger partial charge in [-0.05, 0) is 44.1 Å². The van der Waals surface area contributed by atoms with Crippen LogP contribution in [0.25, 0.3) is 0 Å². The molecule has 0 radical (unpaired) electrons. The van der Waals surface area contributed by atoms with Crippen LogP contribution >= 0.6 is 0 Å². The van der Waals surface area contributed by atoms with Crippen LogP contribution < -0.4 is 20.9 Å². The molecule has 7 atom stereocenters. The molecule has 178 valence electrons. The van der Waals surface area contributed by atoms with E-state index in [1.165, 1.54) is 6.42 Å². The summed E-state index contributed by atoms with van der Waals surface area (Å²) in [5.41, 5.74) is 6.73. The van der Waals surface area contributed by atoms with Gasteiger partial charge in [-0.15, -0.1) is 0 Å². The molecule has 11 heteroatoms. The van der Waals surface area contributed by atoms with Gasteiger partial charge >= 0.3 is 0 Å². The summed E-state index contributed by atoms with van der Waals surface area (Å²) in [6.45, 7) is 4.55. The van der Waals surface area contributed by atoms with Crippen LogP contribution in [0.3, 0.4) is 0 Å². The van der Waals surface area contributed by atoms with Crippen molar-refractivity contribution in [3.8, 4) is 0 Å². The first-order valence-corrected chi connectivity index (χ1v) is 13.3. The third-order valence-electron chi connectivity index (χ3n) is 8.22. The molecular weight excluding hydrogens is 420 g/mol. The smallest absolute Gasteiger partial charge is 0.217 e. The molecule has 10 nitrogen and oxygen atoms in total. The summed E-state index contributed by atoms with van der Waals surface area (Å²) in [6, 6.07) is -0.122. The first kappa shape index (κ1) is 22.4. The maximum atomic E-state index is 13.4. The number of nitrogens with one attached hydrogen (secondary N) is 4. The normalized spacial score (nSPS) is 43.1. The zero-order chi connectivity index (χ0) is 21.6. The second-order valence-corrected chi connectivity index (χ2v) is 11.9. The summed E-state index contributed by atoms with van der Waals surface area (Å²) in [5.74, 6) is 1.76. The summed E-state index contributed by atoms with van der Waals surface area (Å²) in [5, 5.41) is 7.27. The molecule has 7 unspecified atom stereocenters. The van der Waals surface area contributed by atoms with E-state index in [4.69, 9.17) is 9.47 Å². The topological polar surface area (TPSA) is 107 Å². The standard InChI is InChI=1S/C20H38N6O4S/c1-25-20-14(8-22-25)3-4-17(29-2)19(20)24-31(27,28)16-9-23-26(10-16)18-7-13(5-6-21-18)15-11-30-12-15/h13-24H,3-12H2,1-2H3. The van der Waals surface area contributed by atoms with Gasteiger partial charge in [0.1, 0.15) is 5.25 Å². The lowest BCUT2D eigenvalue weighted by atomic mass is 9.80. The minimum absolute atomic E-state index is 0.102. The Labute approximate surface area is 185 Å². The molecule has 5 fully saturated rings. The molecule has 0 bridgehead atoms. The molecule has 0 aromatic rings. The molecule has 5 rings (SSSR count). The Kier molecular flexibility index (Phi) is 6.59. The lowest BCUT2D eigenvalue weighted by Crippen LogP contribution is -2.61. The molecule has 0 amide bonds. The lowest BCUT2D eigenvalue weighted by molar-refractivity contribution is -0.0764. The number of likely N-dealkylation sites (N-methyl/N-ethyl adjacent to an activating group) is 1. The van der Waals surface area contributed by atoms with Crippen LogP contribution in [-0.2, 0) is 19.5 Å². The largest absolute Gasteiger partial charge is 0.381 e. The zero-order valence-corrected chi connectivity index (χ0v) is 19.4. The van der Waals surface area contributed by atoms with Gasteiger partial charge in [-0.1, -0.05) is 0 Å². The molecule has 0 spiro atoms. The predicted octanol–water partition coefficient (Wildman–Crippen LogP) is -1.32. The monoisotopic (exact) mass is 458 g/mol. The average Bonchev–Trinajstić information content (AvgIpc) is 3.35. The van der Waals surface area contributed by atoms with Crippen molar-refractivity contribution >= 4 is 10.0 Å². The Hall–Kier alpha value is -0.370. The molecule has 1 saturated carbocycles. The van der Waals surface area contributed by atoms with Crippen LogP contribution in [-0.4, -0.2) is 102 Å². The van der Waals surface area contributed by atoms with Gasteiger partial charge in [0, 0.05) is 45.8 Å². The number of rotatable bonds is 6. The van der Waals surface area contributed by atoms with E-state index in [-0.39, 0.29) is 24.4 Å². The van der Waals surface area contributed by atoms with Gasteiger partial charge in [0.15, 0.2) is 0 Å². The second-order valence-electron chi connectivity index (χ2n) is 9.95. The third-order valence-corrected chi connectivity index (χ3v) is 10.0. The minimum Gasteiger partial charge on any atom is -0.381 e. The first-order chi connectivity index (χ1) is 15.0. The van der Waals surface area contributed by atoms with Gasteiger partial charge in [-0.2, -0.15) is 0 Å². The fourth-order valence-electron chi connectivity index (χ4n) is 6.21. The third kappa shape index (κ3) is 4.41. The SMILES string of the molecule is COC1CCC2CNN(C)C2C1NS(=O)(=O)C1CNN(C2CC(C3COC3)CCN2)C1. The highest BCUT2D eigenvalue weighted by Crippen LogP contribution is 2.34. The summed E-state index contributed by atoms with van der Waals surface area (Å²) in [4.78, 5) is 0. The van der Waals surface area contributed by atoms with Gasteiger partial charge in [0.05, 0.1) is 31.5 Å². The molecule has 5 aliphatic rings. The van der Waals surface area contributed by atoms with Gasteiger partial charge in [-0.25, -0.2) is 23.2 Å². The fourth-order valence-corrected chi connectivity index (χ4v) is 7.73. The van der Waals surface area contributed by atoms with Crippen LogP contribution in [0.2, 0.25) is 0 Å². The molecular formula is C20H38N6O4S. The number of sulfonamides is 1. The predicted molar refractivity (Wildman–Crippen MR) is 116 cm³/mol. The quantitative estimate of drug-likeness (QED) is 0.385. The highest BCUT2D eigenvalue weighted by Gasteiger charge is 2.48. The number of hydrogen-bond acceptors (Lipinski definition) is 9. The maximum absolute atomic E-state index is 13.4. The van der Waals surface area contributed by atoms with Gasteiger partial charge < -0.3 is 14.8 Å². The van der Waals surface area contributed by atoms with E-state index in [1.807, 2.05) is 7.05 Å². The fraction of sp³-hybridized carbons (Fsp3) is 1.00. The van der Waals surface area contributed by atoms with Crippen molar-refractivity contribution in [1.29, 1.82) is 0 Å². The molecule has 0 aromatic carbocycles. The summed E-state index contributed by atoms with van der Waals surface area (Å²) >= 11 is 0. The summed E-state index contributed by atoms with van der Waals surface area (Å²) in [7, 11) is 0.191. The van der Waals surface area contributed by atoms with Crippen molar-refractivity contribution in [3.05, 3.63) is 0 Å². The molecule has 0 aromatic heterocycles. The van der Waals surface area contributed by atoms with Gasteiger partial charge in [0.25, 0.3) is 0 Å². The van der Waals surface area contributed by atoms with Crippen molar-refractivity contribution in [2.75, 3.05) is 53.6 Å². The van der Waals surface area contributed by atoms with Crippen molar-refractivity contribution in [2.24, 2.45) is 17.8 Å². The number of hydrogen-bond donors (Lipinski definition) is 4. The van der Waals surface area contributed by atoms with Crippen molar-refractivity contribution in [3.63, 3.8) is 0 Å². The van der Waals surface area contributed by atoms with Gasteiger partial charge in [0.2, 0.25) is 10.0 Å². The van der Waals surface area contributed by atoms with Gasteiger partial charge in [-0.3, -0.25) is 10.9 Å². The molecule has 1 aliphatic carbocycles. The molecule has 4 aliphatic heterocycles. The zero-order valence-electron chi connectivity index (χ0n) is 18.6. The summed E-state index contributed by atoms with van der Waals surface area (Å²) < 4.78 is 41.0. The highest BCUT2D eigenvalue weighted by molar-refractivity contribution is 7.90. The molecule has 4 heterocycles. The van der Waals surface area contributed by atoms with Crippen LogP contribution in [0, 0.1) is 17.8 Å². The van der Waals surface area contributed by atoms with E-state index in [1.54, 1.807) is 7.11 Å². The molecule has 4 N–H and O–H groups in total. The minimum atomic E-state index is -3.50. The Morgan fingerprint density at radius 1 is 1.06 bits per heavy atom. The number of fused-ring (bicyclic) bond motifs is 1. The molecule has 4 saturated heterocycles. The Morgan fingerprint density at radius 3 is 2.65 bits per heavy atom. The van der Waals surface area contributed by atoms with Crippen molar-refractivity contribution in [2.45, 2.75) is 55.3 Å². The van der Waals surface area contributed by atoms with E-state index in [2.05, 4.69) is 30.9 Å². The average molecular weight is 459 g/mol. The second kappa shape index (κ2) is 9.11. The lowest BCUT2D eigenvalue weighted by Gasteiger charge is -2.42. The number of nitrogens with zero attached hydrogens (tertiary/aromatic N) is 2. The van der Waals surface area contributed by atoms with E-state index in [0.29, 0.717) is 30.8 Å². The number of hydrazine groups is 2. The van der Waals surface area contributed by atoms with Crippen molar-refractivity contribution in [1.82, 2.24) is 30.9 Å². The molecule has 31 heavy (non-hydrogen) atoms. The Balaban J connectivity index is 1.22. The number of piperidine rings is 1. The van der Waals surface area contributed by atoms with E-state index < -0.39 is 15.3 Å². The Morgan fingerprint density at radius 2 is 1.90 bits per heavy atom. The van der Waals surface area contributed by atoms with E-state index in [0.717, 1.165) is 45.6 Å². The van der Waals surface area contributed by atoms with Crippen LogP contribution in [0.4, 0.5) is 0 Å². The van der Waals surface area contributed by atoms with E-state index in [9.17, 15) is 8.42 Å². The van der Waals surface area contributed by atoms with Crippen LogP contribution in [0.15, 0.2) is 0 Å². The van der Waals surface area contributed by atoms with Crippen molar-refractivity contribution < 1.29 is 17.9 Å². The first-order valence-electron chi connectivity index (χ1n) is 11.8. The maximum Gasteiger partial charge on any atom is 0.217 e. The summed E-state index contributed by atoms with van der Waals surface area (Å²) in [6.07, 6.45) is 4.22. The number of ether oxygens (including phenoxy) is 2. The highest BCUT2D eigenvalue weighted by atomic mass is 32.2. The Bertz CT molecular complexity index is 737.